The highest BCUT2D eigenvalue weighted by atomic mass is 14.9. The van der Waals surface area contributed by atoms with Crippen molar-refractivity contribution >= 4 is 0 Å². The molecule has 0 fully saturated rings. The molecule has 0 aromatic rings. The molecule has 0 heterocycles. The van der Waals surface area contributed by atoms with E-state index < -0.39 is 0 Å². The molecule has 0 radical (unpaired) electrons. The maximum absolute atomic E-state index is 3.81. The first kappa shape index (κ1) is 10.5. The molecule has 1 nitrogen and oxygen atoms in total. The van der Waals surface area contributed by atoms with Gasteiger partial charge in [-0.15, -0.1) is 0 Å². The van der Waals surface area contributed by atoms with E-state index in [1.54, 1.807) is 0 Å². The Morgan fingerprint density at radius 1 is 1.27 bits per heavy atom. The SMILES string of the molecule is C=C(C)NC(C)CCC(C)C. The molecule has 0 aliphatic rings. The number of allylic oxidation sites excluding steroid dienone is 1. The van der Waals surface area contributed by atoms with E-state index >= 15 is 0 Å². The van der Waals surface area contributed by atoms with Crippen molar-refractivity contribution in [2.45, 2.75) is 46.6 Å². The molecule has 1 N–H and O–H groups in total. The highest BCUT2D eigenvalue weighted by molar-refractivity contribution is 4.86. The number of hydrogen-bond donors (Lipinski definition) is 1. The molecule has 0 saturated carbocycles. The minimum atomic E-state index is 0.579. The van der Waals surface area contributed by atoms with Crippen molar-refractivity contribution in [1.82, 2.24) is 5.32 Å². The first-order chi connectivity index (χ1) is 5.02. The van der Waals surface area contributed by atoms with Crippen molar-refractivity contribution in [2.24, 2.45) is 5.92 Å². The van der Waals surface area contributed by atoms with Crippen LogP contribution in [0, 0.1) is 5.92 Å². The third-order valence-corrected chi connectivity index (χ3v) is 1.67. The van der Waals surface area contributed by atoms with Crippen LogP contribution >= 0.6 is 0 Å². The summed E-state index contributed by atoms with van der Waals surface area (Å²) >= 11 is 0. The van der Waals surface area contributed by atoms with Crippen LogP contribution in [0.15, 0.2) is 12.3 Å². The van der Waals surface area contributed by atoms with Gasteiger partial charge in [0.25, 0.3) is 0 Å². The van der Waals surface area contributed by atoms with Crippen LogP contribution in [0.3, 0.4) is 0 Å². The van der Waals surface area contributed by atoms with E-state index in [2.05, 4.69) is 32.7 Å². The van der Waals surface area contributed by atoms with Gasteiger partial charge in [-0.3, -0.25) is 0 Å². The maximum atomic E-state index is 3.81. The molecule has 0 saturated heterocycles. The van der Waals surface area contributed by atoms with E-state index in [-0.39, 0.29) is 0 Å². The van der Waals surface area contributed by atoms with Crippen LogP contribution in [-0.4, -0.2) is 6.04 Å². The van der Waals surface area contributed by atoms with Gasteiger partial charge in [0, 0.05) is 11.7 Å². The van der Waals surface area contributed by atoms with Crippen molar-refractivity contribution < 1.29 is 0 Å². The first-order valence-corrected chi connectivity index (χ1v) is 4.44. The van der Waals surface area contributed by atoms with Crippen LogP contribution in [0.1, 0.15) is 40.5 Å². The van der Waals surface area contributed by atoms with Gasteiger partial charge in [0.1, 0.15) is 0 Å². The highest BCUT2D eigenvalue weighted by Crippen LogP contribution is 2.06. The molecular weight excluding hydrogens is 134 g/mol. The fourth-order valence-electron chi connectivity index (χ4n) is 1.08. The second kappa shape index (κ2) is 5.22. The maximum Gasteiger partial charge on any atom is 0.0229 e. The van der Waals surface area contributed by atoms with Crippen LogP contribution in [0.5, 0.6) is 0 Å². The molecule has 0 aliphatic carbocycles. The van der Waals surface area contributed by atoms with E-state index in [1.807, 2.05) is 6.92 Å². The van der Waals surface area contributed by atoms with Crippen LogP contribution in [0.25, 0.3) is 0 Å². The molecular formula is C10H21N. The fourth-order valence-corrected chi connectivity index (χ4v) is 1.08. The van der Waals surface area contributed by atoms with Crippen molar-refractivity contribution in [2.75, 3.05) is 0 Å². The Labute approximate surface area is 70.9 Å². The summed E-state index contributed by atoms with van der Waals surface area (Å²) in [5.74, 6) is 0.810. The average molecular weight is 155 g/mol. The Kier molecular flexibility index (Phi) is 5.01. The highest BCUT2D eigenvalue weighted by Gasteiger charge is 2.01. The summed E-state index contributed by atoms with van der Waals surface area (Å²) in [5, 5.41) is 3.30. The summed E-state index contributed by atoms with van der Waals surface area (Å²) in [5.41, 5.74) is 1.07. The van der Waals surface area contributed by atoms with Gasteiger partial charge < -0.3 is 5.32 Å². The Morgan fingerprint density at radius 2 is 1.82 bits per heavy atom. The van der Waals surface area contributed by atoms with E-state index in [9.17, 15) is 0 Å². The molecule has 1 unspecified atom stereocenters. The van der Waals surface area contributed by atoms with Gasteiger partial charge >= 0.3 is 0 Å². The van der Waals surface area contributed by atoms with Gasteiger partial charge in [0.15, 0.2) is 0 Å². The second-order valence-electron chi connectivity index (χ2n) is 3.80. The summed E-state index contributed by atoms with van der Waals surface area (Å²) < 4.78 is 0. The summed E-state index contributed by atoms with van der Waals surface area (Å²) in [4.78, 5) is 0. The Morgan fingerprint density at radius 3 is 2.18 bits per heavy atom. The van der Waals surface area contributed by atoms with Gasteiger partial charge in [0.2, 0.25) is 0 Å². The molecule has 11 heavy (non-hydrogen) atoms. The monoisotopic (exact) mass is 155 g/mol. The van der Waals surface area contributed by atoms with Gasteiger partial charge in [-0.05, 0) is 32.6 Å². The van der Waals surface area contributed by atoms with E-state index in [4.69, 9.17) is 0 Å². The lowest BCUT2D eigenvalue weighted by Crippen LogP contribution is -2.23. The lowest BCUT2D eigenvalue weighted by atomic mass is 10.0. The van der Waals surface area contributed by atoms with Crippen molar-refractivity contribution in [3.05, 3.63) is 12.3 Å². The van der Waals surface area contributed by atoms with Crippen molar-refractivity contribution in [1.29, 1.82) is 0 Å². The lowest BCUT2D eigenvalue weighted by Gasteiger charge is -2.15. The van der Waals surface area contributed by atoms with Crippen molar-refractivity contribution in [3.63, 3.8) is 0 Å². The molecule has 0 rings (SSSR count). The third-order valence-electron chi connectivity index (χ3n) is 1.67. The molecule has 0 spiro atoms. The average Bonchev–Trinajstić information content (AvgIpc) is 1.82. The molecule has 0 aromatic heterocycles. The second-order valence-corrected chi connectivity index (χ2v) is 3.80. The minimum Gasteiger partial charge on any atom is -0.387 e. The quantitative estimate of drug-likeness (QED) is 0.643. The zero-order valence-corrected chi connectivity index (χ0v) is 8.28. The topological polar surface area (TPSA) is 12.0 Å². The van der Waals surface area contributed by atoms with Crippen LogP contribution in [-0.2, 0) is 0 Å². The predicted molar refractivity (Wildman–Crippen MR) is 51.5 cm³/mol. The molecule has 0 aromatic carbocycles. The molecule has 0 bridgehead atoms. The fraction of sp³-hybridized carbons (Fsp3) is 0.800. The summed E-state index contributed by atoms with van der Waals surface area (Å²) in [6.45, 7) is 12.5. The Bertz CT molecular complexity index is 116. The van der Waals surface area contributed by atoms with Crippen LogP contribution in [0.2, 0.25) is 0 Å². The van der Waals surface area contributed by atoms with Gasteiger partial charge in [-0.1, -0.05) is 20.4 Å². The van der Waals surface area contributed by atoms with E-state index in [1.165, 1.54) is 12.8 Å². The molecule has 0 amide bonds. The summed E-state index contributed by atoms with van der Waals surface area (Å²) in [6.07, 6.45) is 2.53. The summed E-state index contributed by atoms with van der Waals surface area (Å²) in [6, 6.07) is 0.579. The number of rotatable bonds is 5. The normalized spacial score (nSPS) is 13.2. The van der Waals surface area contributed by atoms with Crippen LogP contribution < -0.4 is 5.32 Å². The number of nitrogens with one attached hydrogen (secondary N) is 1. The smallest absolute Gasteiger partial charge is 0.0229 e. The van der Waals surface area contributed by atoms with Gasteiger partial charge in [-0.25, -0.2) is 0 Å². The molecule has 1 heteroatoms. The Balaban J connectivity index is 3.37. The predicted octanol–water partition coefficient (Wildman–Crippen LogP) is 2.93. The zero-order chi connectivity index (χ0) is 8.85. The molecule has 0 aliphatic heterocycles. The van der Waals surface area contributed by atoms with Gasteiger partial charge in [0.05, 0.1) is 0 Å². The largest absolute Gasteiger partial charge is 0.387 e. The molecule has 1 atom stereocenters. The lowest BCUT2D eigenvalue weighted by molar-refractivity contribution is 0.477. The van der Waals surface area contributed by atoms with Crippen molar-refractivity contribution in [3.8, 4) is 0 Å². The standard InChI is InChI=1S/C10H21N/c1-8(2)6-7-10(5)11-9(3)4/h8,10-11H,3,6-7H2,1-2,4-5H3. The van der Waals surface area contributed by atoms with E-state index in [0.717, 1.165) is 11.6 Å². The minimum absolute atomic E-state index is 0.579. The summed E-state index contributed by atoms with van der Waals surface area (Å²) in [7, 11) is 0. The zero-order valence-electron chi connectivity index (χ0n) is 8.28. The number of hydrogen-bond acceptors (Lipinski definition) is 1. The third kappa shape index (κ3) is 7.44. The van der Waals surface area contributed by atoms with Crippen LogP contribution in [0.4, 0.5) is 0 Å². The van der Waals surface area contributed by atoms with Gasteiger partial charge in [-0.2, -0.15) is 0 Å². The molecule has 66 valence electrons. The first-order valence-electron chi connectivity index (χ1n) is 4.44. The van der Waals surface area contributed by atoms with E-state index in [0.29, 0.717) is 6.04 Å². The Hall–Kier alpha value is -0.460.